The van der Waals surface area contributed by atoms with Gasteiger partial charge in [0.25, 0.3) is 0 Å². The summed E-state index contributed by atoms with van der Waals surface area (Å²) in [5, 5.41) is 2.41. The Labute approximate surface area is 140 Å². The van der Waals surface area contributed by atoms with Crippen LogP contribution in [-0.2, 0) is 0 Å². The Bertz CT molecular complexity index is 717. The number of para-hydroxylation sites is 1. The van der Waals surface area contributed by atoms with Crippen molar-refractivity contribution in [1.82, 2.24) is 4.98 Å². The summed E-state index contributed by atoms with van der Waals surface area (Å²) in [6.45, 7) is 0. The predicted molar refractivity (Wildman–Crippen MR) is 80.8 cm³/mol. The first-order chi connectivity index (χ1) is 8.59. The molecule has 0 aliphatic carbocycles. The van der Waals surface area contributed by atoms with Gasteiger partial charge in [-0.3, -0.25) is 0 Å². The van der Waals surface area contributed by atoms with Crippen LogP contribution in [0.3, 0.4) is 0 Å². The van der Waals surface area contributed by atoms with Gasteiger partial charge in [-0.05, 0) is 0 Å². The summed E-state index contributed by atoms with van der Waals surface area (Å²) in [6.07, 6.45) is 0. The summed E-state index contributed by atoms with van der Waals surface area (Å²) in [5.41, 5.74) is 2.13. The number of fused-ring (bicyclic) bond motifs is 2. The zero-order chi connectivity index (χ0) is 12.9. The monoisotopic (exact) mass is 475 g/mol. The number of benzene rings is 2. The first-order valence-corrected chi connectivity index (χ1v) is 9.00. The Morgan fingerprint density at radius 3 is 2.22 bits per heavy atom. The van der Waals surface area contributed by atoms with Gasteiger partial charge in [-0.2, -0.15) is 0 Å². The molecule has 3 aromatic rings. The quantitative estimate of drug-likeness (QED) is 0.287. The van der Waals surface area contributed by atoms with Gasteiger partial charge in [0.15, 0.2) is 0 Å². The van der Waals surface area contributed by atoms with Crippen LogP contribution in [0.25, 0.3) is 21.8 Å². The molecule has 82 valence electrons. The van der Waals surface area contributed by atoms with E-state index in [1.807, 2.05) is 6.07 Å². The van der Waals surface area contributed by atoms with Gasteiger partial charge in [-0.1, -0.05) is 0 Å². The first kappa shape index (κ1) is 13.3. The number of aromatic nitrogens is 1. The molecule has 0 bridgehead atoms. The van der Waals surface area contributed by atoms with Crippen molar-refractivity contribution < 1.29 is 0 Å². The zero-order valence-corrected chi connectivity index (χ0v) is 16.6. The minimum atomic E-state index is 1.05. The molecular formula is C13H5As4N. The molecule has 0 atom stereocenters. The van der Waals surface area contributed by atoms with Crippen LogP contribution >= 0.6 is 0 Å². The van der Waals surface area contributed by atoms with E-state index in [9.17, 15) is 0 Å². The van der Waals surface area contributed by atoms with Gasteiger partial charge in [0, 0.05) is 0 Å². The van der Waals surface area contributed by atoms with Gasteiger partial charge in [0.2, 0.25) is 0 Å². The second-order valence-corrected chi connectivity index (χ2v) is 7.72. The third-order valence-corrected chi connectivity index (χ3v) is 9.13. The van der Waals surface area contributed by atoms with Gasteiger partial charge < -0.3 is 0 Å². The summed E-state index contributed by atoms with van der Waals surface area (Å²) >= 11 is 10.6. The van der Waals surface area contributed by atoms with E-state index in [2.05, 4.69) is 91.7 Å². The molecule has 5 heteroatoms. The Morgan fingerprint density at radius 2 is 1.44 bits per heavy atom. The van der Waals surface area contributed by atoms with Crippen LogP contribution in [-0.4, -0.2) is 72.4 Å². The van der Waals surface area contributed by atoms with Crippen molar-refractivity contribution >= 4 is 107 Å². The van der Waals surface area contributed by atoms with Crippen molar-refractivity contribution in [2.75, 3.05) is 0 Å². The molecule has 1 heterocycles. The maximum absolute atomic E-state index is 4.80. The third-order valence-electron chi connectivity index (χ3n) is 2.88. The Balaban J connectivity index is 2.58. The van der Waals surface area contributed by atoms with Crippen LogP contribution in [0.2, 0.25) is 0 Å². The van der Waals surface area contributed by atoms with Crippen molar-refractivity contribution in [2.45, 2.75) is 0 Å². The molecule has 8 radical (unpaired) electrons. The van der Waals surface area contributed by atoms with Crippen molar-refractivity contribution in [1.29, 1.82) is 0 Å². The van der Waals surface area contributed by atoms with Crippen molar-refractivity contribution in [2.24, 2.45) is 0 Å². The molecule has 0 aliphatic rings. The Morgan fingerprint density at radius 1 is 0.778 bits per heavy atom. The molecule has 0 saturated carbocycles. The normalized spacial score (nSPS) is 11.3. The molecule has 1 nitrogen and oxygen atoms in total. The average Bonchev–Trinajstić information content (AvgIpc) is 2.41. The molecule has 0 N–H and O–H groups in total. The minimum absolute atomic E-state index is 1.05. The SMILES string of the molecule is [As]c1c([As])c([As])c2nc3ccccc3cc2c1[As]. The average molecular weight is 475 g/mol. The molecule has 1 aromatic heterocycles. The Kier molecular flexibility index (Phi) is 3.73. The van der Waals surface area contributed by atoms with E-state index in [1.165, 1.54) is 28.2 Å². The van der Waals surface area contributed by atoms with Crippen molar-refractivity contribution in [3.63, 3.8) is 0 Å². The molecule has 3 rings (SSSR count). The summed E-state index contributed by atoms with van der Waals surface area (Å²) < 4.78 is 4.91. The van der Waals surface area contributed by atoms with Crippen LogP contribution in [0.4, 0.5) is 0 Å². The van der Waals surface area contributed by atoms with Crippen molar-refractivity contribution in [3.8, 4) is 0 Å². The fraction of sp³-hybridized carbons (Fsp3) is 0. The molecule has 0 spiro atoms. The van der Waals surface area contributed by atoms with E-state index >= 15 is 0 Å². The summed E-state index contributed by atoms with van der Waals surface area (Å²) in [7, 11) is 0. The van der Waals surface area contributed by atoms with Gasteiger partial charge in [-0.25, -0.2) is 0 Å². The van der Waals surface area contributed by atoms with E-state index in [4.69, 9.17) is 4.98 Å². The van der Waals surface area contributed by atoms with Crippen LogP contribution in [0.15, 0.2) is 30.3 Å². The third kappa shape index (κ3) is 2.05. The second kappa shape index (κ2) is 5.03. The molecule has 2 aromatic carbocycles. The van der Waals surface area contributed by atoms with Crippen molar-refractivity contribution in [3.05, 3.63) is 30.3 Å². The second-order valence-electron chi connectivity index (χ2n) is 3.97. The van der Waals surface area contributed by atoms with Gasteiger partial charge in [0.1, 0.15) is 0 Å². The predicted octanol–water partition coefficient (Wildman–Crippen LogP) is -1.44. The zero-order valence-electron chi connectivity index (χ0n) is 9.12. The van der Waals surface area contributed by atoms with Gasteiger partial charge in [0.05, 0.1) is 0 Å². The molecular weight excluding hydrogens is 470 g/mol. The number of rotatable bonds is 0. The molecule has 0 aliphatic heterocycles. The van der Waals surface area contributed by atoms with E-state index in [0.29, 0.717) is 0 Å². The summed E-state index contributed by atoms with van der Waals surface area (Å²) in [5.74, 6) is 0. The fourth-order valence-electron chi connectivity index (χ4n) is 1.94. The number of hydrogen-bond donors (Lipinski definition) is 0. The van der Waals surface area contributed by atoms with Crippen LogP contribution in [0, 0.1) is 0 Å². The van der Waals surface area contributed by atoms with Gasteiger partial charge in [-0.15, -0.1) is 0 Å². The topological polar surface area (TPSA) is 12.9 Å². The number of hydrogen-bond acceptors (Lipinski definition) is 1. The van der Waals surface area contributed by atoms with E-state index in [1.54, 1.807) is 0 Å². The fourth-order valence-corrected chi connectivity index (χ4v) is 4.90. The number of pyridine rings is 1. The molecule has 0 unspecified atom stereocenters. The van der Waals surface area contributed by atoms with E-state index < -0.39 is 0 Å². The van der Waals surface area contributed by atoms with Crippen LogP contribution in [0.5, 0.6) is 0 Å². The molecule has 0 fully saturated rings. The van der Waals surface area contributed by atoms with E-state index in [0.717, 1.165) is 11.0 Å². The Hall–Kier alpha value is 0.344. The first-order valence-electron chi connectivity index (χ1n) is 5.25. The standard InChI is InChI=1S/C13H5As4N/c14-9-7-5-6-3-1-2-4-8(6)18-13(7)12(17)11(16)10(9)15/h1-5H. The molecule has 0 amide bonds. The summed E-state index contributed by atoms with van der Waals surface area (Å²) in [4.78, 5) is 4.80. The van der Waals surface area contributed by atoms with Gasteiger partial charge >= 0.3 is 142 Å². The maximum atomic E-state index is 4.80. The molecule has 0 saturated heterocycles. The molecule has 18 heavy (non-hydrogen) atoms. The van der Waals surface area contributed by atoms with E-state index in [-0.39, 0.29) is 0 Å². The number of nitrogens with zero attached hydrogens (tertiary/aromatic N) is 1. The summed E-state index contributed by atoms with van der Waals surface area (Å²) in [6, 6.07) is 10.5. The van der Waals surface area contributed by atoms with Crippen LogP contribution < -0.4 is 17.4 Å². The van der Waals surface area contributed by atoms with Crippen LogP contribution in [0.1, 0.15) is 0 Å².